The van der Waals surface area contributed by atoms with E-state index in [1.807, 2.05) is 62.4 Å². The quantitative estimate of drug-likeness (QED) is 0.743. The van der Waals surface area contributed by atoms with Crippen molar-refractivity contribution in [2.45, 2.75) is 26.7 Å². The van der Waals surface area contributed by atoms with Crippen molar-refractivity contribution < 1.29 is 14.3 Å². The first-order valence-corrected chi connectivity index (χ1v) is 7.91. The lowest BCUT2D eigenvalue weighted by Crippen LogP contribution is -2.13. The van der Waals surface area contributed by atoms with Gasteiger partial charge in [0, 0.05) is 12.1 Å². The number of anilines is 1. The molecule has 0 aromatic heterocycles. The van der Waals surface area contributed by atoms with Gasteiger partial charge in [-0.1, -0.05) is 30.3 Å². The van der Waals surface area contributed by atoms with E-state index in [4.69, 9.17) is 9.47 Å². The van der Waals surface area contributed by atoms with Crippen LogP contribution < -0.4 is 14.8 Å². The molecule has 0 fully saturated rings. The molecule has 0 unspecified atom stereocenters. The monoisotopic (exact) mass is 313 g/mol. The molecule has 4 heteroatoms. The van der Waals surface area contributed by atoms with E-state index in [0.717, 1.165) is 17.0 Å². The first-order valence-electron chi connectivity index (χ1n) is 7.91. The number of carbonyl (C=O) groups excluding carboxylic acids is 1. The van der Waals surface area contributed by atoms with Gasteiger partial charge in [-0.25, -0.2) is 0 Å². The third-order valence-electron chi connectivity index (χ3n) is 3.37. The fourth-order valence-electron chi connectivity index (χ4n) is 2.18. The average molecular weight is 313 g/mol. The van der Waals surface area contributed by atoms with Crippen LogP contribution in [0.15, 0.2) is 48.5 Å². The van der Waals surface area contributed by atoms with E-state index >= 15 is 0 Å². The molecule has 122 valence electrons. The van der Waals surface area contributed by atoms with Crippen LogP contribution in [0.4, 0.5) is 5.69 Å². The number of nitrogens with one attached hydrogen (secondary N) is 1. The maximum atomic E-state index is 12.0. The topological polar surface area (TPSA) is 47.6 Å². The fourth-order valence-corrected chi connectivity index (χ4v) is 2.18. The summed E-state index contributed by atoms with van der Waals surface area (Å²) in [5.74, 6) is 1.45. The number of para-hydroxylation sites is 3. The molecule has 1 N–H and O–H groups in total. The zero-order valence-electron chi connectivity index (χ0n) is 13.7. The first kappa shape index (κ1) is 16.9. The summed E-state index contributed by atoms with van der Waals surface area (Å²) in [5, 5.41) is 2.92. The van der Waals surface area contributed by atoms with Crippen LogP contribution >= 0.6 is 0 Å². The van der Waals surface area contributed by atoms with Gasteiger partial charge in [0.05, 0.1) is 13.2 Å². The van der Waals surface area contributed by atoms with Crippen LogP contribution in [0.5, 0.6) is 11.5 Å². The highest BCUT2D eigenvalue weighted by Gasteiger charge is 2.06. The molecule has 2 aromatic rings. The van der Waals surface area contributed by atoms with Crippen molar-refractivity contribution in [1.29, 1.82) is 0 Å². The molecule has 1 amide bonds. The van der Waals surface area contributed by atoms with Crippen molar-refractivity contribution in [3.8, 4) is 11.5 Å². The number of hydrogen-bond donors (Lipinski definition) is 1. The minimum absolute atomic E-state index is 0.000920. The second kappa shape index (κ2) is 8.83. The number of rotatable bonds is 8. The van der Waals surface area contributed by atoms with Gasteiger partial charge < -0.3 is 14.8 Å². The van der Waals surface area contributed by atoms with Crippen LogP contribution in [0.3, 0.4) is 0 Å². The minimum Gasteiger partial charge on any atom is -0.490 e. The second-order valence-electron chi connectivity index (χ2n) is 5.19. The van der Waals surface area contributed by atoms with E-state index in [2.05, 4.69) is 5.32 Å². The molecule has 0 saturated carbocycles. The maximum Gasteiger partial charge on any atom is 0.224 e. The Morgan fingerprint density at radius 2 is 1.65 bits per heavy atom. The van der Waals surface area contributed by atoms with Gasteiger partial charge in [-0.05, 0) is 44.0 Å². The molecule has 0 atom stereocenters. The van der Waals surface area contributed by atoms with Crippen LogP contribution in [-0.2, 0) is 4.79 Å². The molecule has 0 aliphatic carbocycles. The van der Waals surface area contributed by atoms with Gasteiger partial charge in [-0.15, -0.1) is 0 Å². The second-order valence-corrected chi connectivity index (χ2v) is 5.19. The Balaban J connectivity index is 1.75. The van der Waals surface area contributed by atoms with Crippen molar-refractivity contribution in [1.82, 2.24) is 0 Å². The zero-order chi connectivity index (χ0) is 16.5. The van der Waals surface area contributed by atoms with E-state index in [1.54, 1.807) is 0 Å². The largest absolute Gasteiger partial charge is 0.490 e. The van der Waals surface area contributed by atoms with Gasteiger partial charge in [-0.3, -0.25) is 4.79 Å². The summed E-state index contributed by atoms with van der Waals surface area (Å²) in [6, 6.07) is 15.3. The van der Waals surface area contributed by atoms with Crippen LogP contribution in [0.25, 0.3) is 0 Å². The fraction of sp³-hybridized carbons (Fsp3) is 0.316. The normalized spacial score (nSPS) is 10.2. The van der Waals surface area contributed by atoms with Gasteiger partial charge >= 0.3 is 0 Å². The van der Waals surface area contributed by atoms with Crippen LogP contribution in [-0.4, -0.2) is 19.1 Å². The number of benzene rings is 2. The standard InChI is InChI=1S/C19H23NO3/c1-3-22-17-11-6-7-12-18(17)23-14-8-13-19(21)20-16-10-5-4-9-15(16)2/h4-7,9-12H,3,8,13-14H2,1-2H3,(H,20,21). The lowest BCUT2D eigenvalue weighted by molar-refractivity contribution is -0.116. The van der Waals surface area contributed by atoms with E-state index < -0.39 is 0 Å². The van der Waals surface area contributed by atoms with Crippen molar-refractivity contribution >= 4 is 11.6 Å². The maximum absolute atomic E-state index is 12.0. The summed E-state index contributed by atoms with van der Waals surface area (Å²) in [5.41, 5.74) is 1.92. The average Bonchev–Trinajstić information content (AvgIpc) is 2.55. The predicted octanol–water partition coefficient (Wildman–Crippen LogP) is 4.19. The molecule has 0 heterocycles. The lowest BCUT2D eigenvalue weighted by atomic mass is 10.2. The summed E-state index contributed by atoms with van der Waals surface area (Å²) in [6.45, 7) is 4.99. The molecule has 4 nitrogen and oxygen atoms in total. The Bertz CT molecular complexity index is 640. The van der Waals surface area contributed by atoms with Gasteiger partial charge in [0.2, 0.25) is 5.91 Å². The van der Waals surface area contributed by atoms with Crippen molar-refractivity contribution in [2.24, 2.45) is 0 Å². The smallest absolute Gasteiger partial charge is 0.224 e. The Kier molecular flexibility index (Phi) is 6.48. The van der Waals surface area contributed by atoms with Gasteiger partial charge in [0.15, 0.2) is 11.5 Å². The SMILES string of the molecule is CCOc1ccccc1OCCCC(=O)Nc1ccccc1C. The third kappa shape index (κ3) is 5.33. The van der Waals surface area contributed by atoms with Crippen molar-refractivity contribution in [3.05, 3.63) is 54.1 Å². The number of ether oxygens (including phenoxy) is 2. The summed E-state index contributed by atoms with van der Waals surface area (Å²) >= 11 is 0. The third-order valence-corrected chi connectivity index (χ3v) is 3.37. The Labute approximate surface area is 137 Å². The predicted molar refractivity (Wildman–Crippen MR) is 92.1 cm³/mol. The molecule has 0 radical (unpaired) electrons. The van der Waals surface area contributed by atoms with E-state index in [0.29, 0.717) is 31.8 Å². The van der Waals surface area contributed by atoms with Gasteiger partial charge in [0.1, 0.15) is 0 Å². The van der Waals surface area contributed by atoms with Crippen molar-refractivity contribution in [2.75, 3.05) is 18.5 Å². The molecule has 2 rings (SSSR count). The number of amides is 1. The lowest BCUT2D eigenvalue weighted by Gasteiger charge is -2.11. The molecule has 0 spiro atoms. The highest BCUT2D eigenvalue weighted by atomic mass is 16.5. The summed E-state index contributed by atoms with van der Waals surface area (Å²) in [4.78, 5) is 12.0. The van der Waals surface area contributed by atoms with Crippen LogP contribution in [0.1, 0.15) is 25.3 Å². The van der Waals surface area contributed by atoms with Crippen molar-refractivity contribution in [3.63, 3.8) is 0 Å². The molecule has 0 aliphatic heterocycles. The molecule has 0 aliphatic rings. The zero-order valence-corrected chi connectivity index (χ0v) is 13.7. The summed E-state index contributed by atoms with van der Waals surface area (Å²) in [6.07, 6.45) is 1.07. The summed E-state index contributed by atoms with van der Waals surface area (Å²) < 4.78 is 11.2. The summed E-state index contributed by atoms with van der Waals surface area (Å²) in [7, 11) is 0. The minimum atomic E-state index is 0.000920. The highest BCUT2D eigenvalue weighted by Crippen LogP contribution is 2.26. The number of carbonyl (C=O) groups is 1. The molecular formula is C19H23NO3. The Hall–Kier alpha value is -2.49. The molecule has 2 aromatic carbocycles. The number of hydrogen-bond acceptors (Lipinski definition) is 3. The number of aryl methyl sites for hydroxylation is 1. The molecular weight excluding hydrogens is 290 g/mol. The molecule has 23 heavy (non-hydrogen) atoms. The Morgan fingerprint density at radius 3 is 2.35 bits per heavy atom. The van der Waals surface area contributed by atoms with E-state index in [-0.39, 0.29) is 5.91 Å². The van der Waals surface area contributed by atoms with E-state index in [1.165, 1.54) is 0 Å². The Morgan fingerprint density at radius 1 is 1.00 bits per heavy atom. The van der Waals surface area contributed by atoms with Crippen LogP contribution in [0, 0.1) is 6.92 Å². The molecule has 0 bridgehead atoms. The van der Waals surface area contributed by atoms with Gasteiger partial charge in [-0.2, -0.15) is 0 Å². The van der Waals surface area contributed by atoms with Gasteiger partial charge in [0.25, 0.3) is 0 Å². The van der Waals surface area contributed by atoms with E-state index in [9.17, 15) is 4.79 Å². The first-order chi connectivity index (χ1) is 11.2. The molecule has 0 saturated heterocycles. The highest BCUT2D eigenvalue weighted by molar-refractivity contribution is 5.91. The van der Waals surface area contributed by atoms with Crippen LogP contribution in [0.2, 0.25) is 0 Å².